The summed E-state index contributed by atoms with van der Waals surface area (Å²) in [6, 6.07) is 6.20. The maximum Gasteiger partial charge on any atom is 0.255 e. The zero-order valence-electron chi connectivity index (χ0n) is 20.9. The molecule has 3 heterocycles. The Hall–Kier alpha value is -3.45. The smallest absolute Gasteiger partial charge is 0.255 e. The first-order chi connectivity index (χ1) is 17.6. The normalized spacial score (nSPS) is 18.8. The van der Waals surface area contributed by atoms with Crippen molar-refractivity contribution in [3.63, 3.8) is 0 Å². The van der Waals surface area contributed by atoms with Crippen LogP contribution in [0.3, 0.4) is 0 Å². The van der Waals surface area contributed by atoms with Crippen LogP contribution < -0.4 is 15.4 Å². The number of hydrogen-bond donors (Lipinski definition) is 4. The van der Waals surface area contributed by atoms with E-state index < -0.39 is 30.8 Å². The molecule has 10 nitrogen and oxygen atoms in total. The summed E-state index contributed by atoms with van der Waals surface area (Å²) in [6.45, 7) is 4.03. The Balaban J connectivity index is 1.58. The summed E-state index contributed by atoms with van der Waals surface area (Å²) in [4.78, 5) is 6.35. The molecule has 0 radical (unpaired) electrons. The van der Waals surface area contributed by atoms with E-state index in [9.17, 15) is 18.3 Å². The van der Waals surface area contributed by atoms with Crippen LogP contribution in [0.25, 0.3) is 16.6 Å². The van der Waals surface area contributed by atoms with Crippen molar-refractivity contribution in [3.05, 3.63) is 30.5 Å². The molecule has 13 heteroatoms. The number of alkyl halides is 3. The van der Waals surface area contributed by atoms with Gasteiger partial charge in [0, 0.05) is 31.4 Å². The first kappa shape index (κ1) is 26.6. The van der Waals surface area contributed by atoms with Crippen LogP contribution in [0.2, 0.25) is 0 Å². The Bertz CT molecular complexity index is 1250. The number of hydrogen-bond acceptors (Lipinski definition) is 9. The third-order valence-electron chi connectivity index (χ3n) is 6.10. The number of aliphatic hydroxyl groups is 1. The van der Waals surface area contributed by atoms with Crippen LogP contribution in [-0.4, -0.2) is 82.1 Å². The van der Waals surface area contributed by atoms with Crippen LogP contribution in [0.1, 0.15) is 20.3 Å². The van der Waals surface area contributed by atoms with E-state index in [1.165, 1.54) is 7.11 Å². The molecule has 1 fully saturated rings. The molecule has 200 valence electrons. The van der Waals surface area contributed by atoms with E-state index in [-0.39, 0.29) is 24.1 Å². The maximum absolute atomic E-state index is 14.9. The SMILES string of the molecule is COc1nc(N[C@H]2CCN(CC(C)(C)O)C[C@H]2F)nn2ccc(-c3ccc(N=N)c(NCC(F)F)c3)c12. The maximum atomic E-state index is 14.9. The van der Waals surface area contributed by atoms with Gasteiger partial charge in [0.1, 0.15) is 17.4 Å². The second-order valence-corrected chi connectivity index (χ2v) is 9.69. The quantitative estimate of drug-likeness (QED) is 0.293. The number of piperidine rings is 1. The molecule has 1 aliphatic rings. The predicted octanol–water partition coefficient (Wildman–Crippen LogP) is 4.34. The highest BCUT2D eigenvalue weighted by atomic mass is 19.3. The Morgan fingerprint density at radius 3 is 2.76 bits per heavy atom. The Morgan fingerprint density at radius 1 is 1.32 bits per heavy atom. The number of ether oxygens (including phenoxy) is 1. The van der Waals surface area contributed by atoms with E-state index in [0.29, 0.717) is 41.8 Å². The fourth-order valence-electron chi connectivity index (χ4n) is 4.55. The Morgan fingerprint density at radius 2 is 2.11 bits per heavy atom. The molecule has 0 unspecified atom stereocenters. The second kappa shape index (κ2) is 10.9. The number of fused-ring (bicyclic) bond motifs is 1. The summed E-state index contributed by atoms with van der Waals surface area (Å²) in [6.07, 6.45) is -1.52. The molecular weight excluding hydrogens is 489 g/mol. The third-order valence-corrected chi connectivity index (χ3v) is 6.10. The Kier molecular flexibility index (Phi) is 7.83. The van der Waals surface area contributed by atoms with Gasteiger partial charge < -0.3 is 20.5 Å². The monoisotopic (exact) mass is 520 g/mol. The summed E-state index contributed by atoms with van der Waals surface area (Å²) in [5, 5.41) is 23.6. The second-order valence-electron chi connectivity index (χ2n) is 9.69. The molecule has 4 rings (SSSR count). The summed E-state index contributed by atoms with van der Waals surface area (Å²) >= 11 is 0. The number of nitrogens with zero attached hydrogens (tertiary/aromatic N) is 5. The number of nitrogens with one attached hydrogen (secondary N) is 3. The number of aromatic nitrogens is 3. The largest absolute Gasteiger partial charge is 0.479 e. The van der Waals surface area contributed by atoms with Crippen molar-refractivity contribution < 1.29 is 23.0 Å². The minimum absolute atomic E-state index is 0.192. The van der Waals surface area contributed by atoms with Crippen molar-refractivity contribution in [2.24, 2.45) is 5.11 Å². The van der Waals surface area contributed by atoms with Gasteiger partial charge in [0.2, 0.25) is 11.8 Å². The van der Waals surface area contributed by atoms with Crippen LogP contribution >= 0.6 is 0 Å². The van der Waals surface area contributed by atoms with Gasteiger partial charge in [-0.1, -0.05) is 6.07 Å². The molecular formula is C24H31F3N8O2. The highest BCUT2D eigenvalue weighted by Gasteiger charge is 2.32. The fraction of sp³-hybridized carbons (Fsp3) is 0.500. The number of methoxy groups -OCH3 is 1. The molecule has 1 aromatic carbocycles. The molecule has 0 spiro atoms. The van der Waals surface area contributed by atoms with Crippen LogP contribution in [0.5, 0.6) is 5.88 Å². The topological polar surface area (TPSA) is 123 Å². The number of likely N-dealkylation sites (tertiary alicyclic amines) is 1. The van der Waals surface area contributed by atoms with Gasteiger partial charge in [-0.05, 0) is 44.0 Å². The van der Waals surface area contributed by atoms with Crippen molar-refractivity contribution in [1.29, 1.82) is 5.53 Å². The number of anilines is 2. The van der Waals surface area contributed by atoms with Crippen LogP contribution in [-0.2, 0) is 0 Å². The third kappa shape index (κ3) is 6.28. The van der Waals surface area contributed by atoms with Crippen molar-refractivity contribution in [3.8, 4) is 17.0 Å². The van der Waals surface area contributed by atoms with Gasteiger partial charge in [-0.15, -0.1) is 5.10 Å². The predicted molar refractivity (Wildman–Crippen MR) is 134 cm³/mol. The van der Waals surface area contributed by atoms with E-state index in [0.717, 1.165) is 0 Å². The van der Waals surface area contributed by atoms with Gasteiger partial charge in [0.15, 0.2) is 0 Å². The molecule has 3 aromatic rings. The molecule has 37 heavy (non-hydrogen) atoms. The van der Waals surface area contributed by atoms with Crippen LogP contribution in [0.4, 0.5) is 30.5 Å². The lowest BCUT2D eigenvalue weighted by molar-refractivity contribution is 0.0147. The minimum atomic E-state index is -2.56. The van der Waals surface area contributed by atoms with E-state index >= 15 is 0 Å². The number of benzene rings is 1. The number of halogens is 3. The van der Waals surface area contributed by atoms with Gasteiger partial charge in [0.05, 0.1) is 31.0 Å². The summed E-state index contributed by atoms with van der Waals surface area (Å²) < 4.78 is 47.5. The molecule has 4 N–H and O–H groups in total. The van der Waals surface area contributed by atoms with Gasteiger partial charge in [0.25, 0.3) is 6.43 Å². The average molecular weight is 521 g/mol. The highest BCUT2D eigenvalue weighted by molar-refractivity contribution is 5.87. The summed E-state index contributed by atoms with van der Waals surface area (Å²) in [5.74, 6) is 0.460. The van der Waals surface area contributed by atoms with Gasteiger partial charge in [-0.3, -0.25) is 4.90 Å². The van der Waals surface area contributed by atoms with E-state index in [2.05, 4.69) is 25.8 Å². The van der Waals surface area contributed by atoms with Crippen molar-refractivity contribution in [2.45, 2.75) is 44.5 Å². The Labute approximate surface area is 212 Å². The van der Waals surface area contributed by atoms with E-state index in [1.807, 2.05) is 4.90 Å². The molecule has 0 bridgehead atoms. The lowest BCUT2D eigenvalue weighted by atomic mass is 10.0. The first-order valence-electron chi connectivity index (χ1n) is 11.9. The highest BCUT2D eigenvalue weighted by Crippen LogP contribution is 2.36. The molecule has 1 saturated heterocycles. The van der Waals surface area contributed by atoms with E-state index in [4.69, 9.17) is 10.3 Å². The van der Waals surface area contributed by atoms with Gasteiger partial charge in [-0.2, -0.15) is 10.1 Å². The molecule has 2 atom stereocenters. The number of rotatable bonds is 10. The molecule has 1 aliphatic heterocycles. The molecule has 0 aliphatic carbocycles. The molecule has 0 amide bonds. The standard InChI is InChI=1S/C24H31F3N8O2/c1-24(2,36)13-34-8-7-17(16(25)12-34)30-23-31-22(37-3)21-15(6-9-35(21)33-23)14-4-5-18(32-28)19(10-14)29-11-20(26)27/h4-6,9-10,16-17,20,28-29,36H,7-8,11-13H2,1-3H3,(H,30,33)/t16-,17+/m1/s1. The fourth-order valence-corrected chi connectivity index (χ4v) is 4.55. The van der Waals surface area contributed by atoms with Crippen LogP contribution in [0, 0.1) is 5.53 Å². The summed E-state index contributed by atoms with van der Waals surface area (Å²) in [7, 11) is 1.47. The first-order valence-corrected chi connectivity index (χ1v) is 11.9. The minimum Gasteiger partial charge on any atom is -0.479 e. The van der Waals surface area contributed by atoms with Gasteiger partial charge >= 0.3 is 0 Å². The van der Waals surface area contributed by atoms with Crippen molar-refractivity contribution >= 4 is 22.8 Å². The lowest BCUT2D eigenvalue weighted by Gasteiger charge is -2.37. The average Bonchev–Trinajstić information content (AvgIpc) is 3.27. The summed E-state index contributed by atoms with van der Waals surface area (Å²) in [5.41, 5.74) is 8.83. The number of β-amino-alcohol motifs (C(OH)–C–C–N with tert-alkyl or cyclic N) is 1. The zero-order valence-corrected chi connectivity index (χ0v) is 20.9. The zero-order chi connectivity index (χ0) is 26.7. The van der Waals surface area contributed by atoms with Crippen molar-refractivity contribution in [1.82, 2.24) is 19.5 Å². The van der Waals surface area contributed by atoms with Crippen LogP contribution in [0.15, 0.2) is 35.6 Å². The lowest BCUT2D eigenvalue weighted by Crippen LogP contribution is -2.51. The molecule has 0 saturated carbocycles. The van der Waals surface area contributed by atoms with Gasteiger partial charge in [-0.25, -0.2) is 23.2 Å². The van der Waals surface area contributed by atoms with E-state index in [1.54, 1.807) is 48.8 Å². The van der Waals surface area contributed by atoms with Crippen molar-refractivity contribution in [2.75, 3.05) is 43.9 Å². The molecule has 2 aromatic heterocycles.